The Morgan fingerprint density at radius 2 is 2.04 bits per heavy atom. The molecule has 0 saturated heterocycles. The van der Waals surface area contributed by atoms with Crippen molar-refractivity contribution in [1.29, 1.82) is 0 Å². The van der Waals surface area contributed by atoms with E-state index < -0.39 is 11.2 Å². The molecular weight excluding hydrogens is 364 g/mol. The largest absolute Gasteiger partial charge is 0.497 e. The van der Waals surface area contributed by atoms with Crippen molar-refractivity contribution < 1.29 is 4.74 Å². The summed E-state index contributed by atoms with van der Waals surface area (Å²) in [6.07, 6.45) is 0. The van der Waals surface area contributed by atoms with E-state index in [4.69, 9.17) is 10.5 Å². The highest BCUT2D eigenvalue weighted by Crippen LogP contribution is 2.31. The molecule has 8 heteroatoms. The van der Waals surface area contributed by atoms with Gasteiger partial charge in [0.2, 0.25) is 0 Å². The first-order chi connectivity index (χ1) is 12.8. The van der Waals surface area contributed by atoms with E-state index in [2.05, 4.69) is 4.98 Å². The molecule has 0 aliphatic carbocycles. The minimum absolute atomic E-state index is 0.152. The first kappa shape index (κ1) is 18.9. The number of nitrogen functional groups attached to an aromatic ring is 1. The standard InChI is InChI=1S/C19H22N4O3S/c1-11(2)9-23-16(20)15(18(24)22(3)19(23)25)14-10-27-17(21-14)12-6-5-7-13(8-12)26-4/h5-8,10-11H,9,20H2,1-4H3. The second kappa shape index (κ2) is 7.40. The number of rotatable bonds is 5. The molecule has 27 heavy (non-hydrogen) atoms. The normalized spacial score (nSPS) is 11.1. The number of aromatic nitrogens is 3. The van der Waals surface area contributed by atoms with Crippen molar-refractivity contribution in [2.45, 2.75) is 20.4 Å². The minimum Gasteiger partial charge on any atom is -0.497 e. The highest BCUT2D eigenvalue weighted by Gasteiger charge is 2.20. The molecule has 2 heterocycles. The Bertz CT molecular complexity index is 1100. The van der Waals surface area contributed by atoms with E-state index in [9.17, 15) is 9.59 Å². The summed E-state index contributed by atoms with van der Waals surface area (Å²) >= 11 is 1.41. The van der Waals surface area contributed by atoms with E-state index >= 15 is 0 Å². The third kappa shape index (κ3) is 3.52. The van der Waals surface area contributed by atoms with Gasteiger partial charge in [-0.2, -0.15) is 0 Å². The predicted octanol–water partition coefficient (Wildman–Crippen LogP) is 2.58. The van der Waals surface area contributed by atoms with Crippen molar-refractivity contribution in [3.05, 3.63) is 50.5 Å². The summed E-state index contributed by atoms with van der Waals surface area (Å²) < 4.78 is 7.77. The van der Waals surface area contributed by atoms with Gasteiger partial charge in [0.25, 0.3) is 5.56 Å². The van der Waals surface area contributed by atoms with Crippen LogP contribution in [0.3, 0.4) is 0 Å². The number of nitrogens with two attached hydrogens (primary N) is 1. The molecule has 0 bridgehead atoms. The topological polar surface area (TPSA) is 92.1 Å². The Kier molecular flexibility index (Phi) is 5.18. The third-order valence-electron chi connectivity index (χ3n) is 4.21. The van der Waals surface area contributed by atoms with Crippen molar-refractivity contribution in [1.82, 2.24) is 14.1 Å². The second-order valence-corrected chi connectivity index (χ2v) is 7.54. The van der Waals surface area contributed by atoms with Gasteiger partial charge in [0.05, 0.1) is 12.8 Å². The molecule has 2 N–H and O–H groups in total. The Morgan fingerprint density at radius 1 is 1.30 bits per heavy atom. The van der Waals surface area contributed by atoms with Gasteiger partial charge in [-0.3, -0.25) is 13.9 Å². The molecule has 0 unspecified atom stereocenters. The lowest BCUT2D eigenvalue weighted by atomic mass is 10.2. The predicted molar refractivity (Wildman–Crippen MR) is 108 cm³/mol. The molecule has 0 spiro atoms. The van der Waals surface area contributed by atoms with E-state index in [-0.39, 0.29) is 17.3 Å². The van der Waals surface area contributed by atoms with Crippen LogP contribution in [-0.2, 0) is 13.6 Å². The molecule has 0 atom stereocenters. The average molecular weight is 386 g/mol. The van der Waals surface area contributed by atoms with Gasteiger partial charge < -0.3 is 10.5 Å². The fourth-order valence-electron chi connectivity index (χ4n) is 2.84. The molecule has 7 nitrogen and oxygen atoms in total. The van der Waals surface area contributed by atoms with E-state index in [1.165, 1.54) is 23.0 Å². The van der Waals surface area contributed by atoms with Gasteiger partial charge in [-0.1, -0.05) is 26.0 Å². The number of thiazole rings is 1. The lowest BCUT2D eigenvalue weighted by Crippen LogP contribution is -2.41. The number of ether oxygens (including phenoxy) is 1. The van der Waals surface area contributed by atoms with Gasteiger partial charge in [0.15, 0.2) is 0 Å². The maximum absolute atomic E-state index is 12.7. The van der Waals surface area contributed by atoms with Crippen LogP contribution in [0.4, 0.5) is 5.82 Å². The highest BCUT2D eigenvalue weighted by molar-refractivity contribution is 7.13. The molecule has 0 saturated carbocycles. The summed E-state index contributed by atoms with van der Waals surface area (Å²) in [5.41, 5.74) is 6.96. The molecule has 0 amide bonds. The molecule has 0 aliphatic rings. The zero-order valence-corrected chi connectivity index (χ0v) is 16.5. The lowest BCUT2D eigenvalue weighted by Gasteiger charge is -2.15. The van der Waals surface area contributed by atoms with E-state index in [1.807, 2.05) is 38.1 Å². The summed E-state index contributed by atoms with van der Waals surface area (Å²) in [6, 6.07) is 7.54. The van der Waals surface area contributed by atoms with Gasteiger partial charge in [-0.25, -0.2) is 9.78 Å². The molecule has 0 aliphatic heterocycles. The summed E-state index contributed by atoms with van der Waals surface area (Å²) in [4.78, 5) is 29.7. The summed E-state index contributed by atoms with van der Waals surface area (Å²) in [5.74, 6) is 1.09. The molecule has 2 aromatic heterocycles. The van der Waals surface area contributed by atoms with Gasteiger partial charge >= 0.3 is 5.69 Å². The van der Waals surface area contributed by atoms with Gasteiger partial charge in [0.1, 0.15) is 22.1 Å². The number of benzene rings is 1. The molecule has 0 fully saturated rings. The lowest BCUT2D eigenvalue weighted by molar-refractivity contribution is 0.415. The van der Waals surface area contributed by atoms with Crippen LogP contribution in [0.2, 0.25) is 0 Å². The minimum atomic E-state index is -0.444. The fraction of sp³-hybridized carbons (Fsp3) is 0.316. The molecular formula is C19H22N4O3S. The van der Waals surface area contributed by atoms with Gasteiger partial charge in [0, 0.05) is 24.5 Å². The zero-order chi connectivity index (χ0) is 19.7. The van der Waals surface area contributed by atoms with Crippen LogP contribution in [0.15, 0.2) is 39.2 Å². The van der Waals surface area contributed by atoms with Gasteiger partial charge in [-0.15, -0.1) is 11.3 Å². The first-order valence-corrected chi connectivity index (χ1v) is 9.41. The second-order valence-electron chi connectivity index (χ2n) is 6.68. The monoisotopic (exact) mass is 386 g/mol. The van der Waals surface area contributed by atoms with Crippen LogP contribution < -0.4 is 21.7 Å². The van der Waals surface area contributed by atoms with Crippen molar-refractivity contribution in [2.24, 2.45) is 13.0 Å². The third-order valence-corrected chi connectivity index (χ3v) is 5.10. The smallest absolute Gasteiger partial charge is 0.332 e. The molecule has 142 valence electrons. The summed E-state index contributed by atoms with van der Waals surface area (Å²) in [7, 11) is 3.06. The molecule has 3 aromatic rings. The van der Waals surface area contributed by atoms with Crippen LogP contribution in [-0.4, -0.2) is 21.2 Å². The van der Waals surface area contributed by atoms with Crippen LogP contribution in [0.5, 0.6) is 5.75 Å². The first-order valence-electron chi connectivity index (χ1n) is 8.53. The van der Waals surface area contributed by atoms with Crippen LogP contribution >= 0.6 is 11.3 Å². The van der Waals surface area contributed by atoms with Crippen LogP contribution in [0.1, 0.15) is 13.8 Å². The van der Waals surface area contributed by atoms with Crippen LogP contribution in [0.25, 0.3) is 21.8 Å². The zero-order valence-electron chi connectivity index (χ0n) is 15.7. The van der Waals surface area contributed by atoms with Gasteiger partial charge in [-0.05, 0) is 18.1 Å². The quantitative estimate of drug-likeness (QED) is 0.728. The highest BCUT2D eigenvalue weighted by atomic mass is 32.1. The SMILES string of the molecule is COc1cccc(-c2nc(-c3c(N)n(CC(C)C)c(=O)n(C)c3=O)cs2)c1. The fourth-order valence-corrected chi connectivity index (χ4v) is 3.65. The Labute approximate surface area is 160 Å². The van der Waals surface area contributed by atoms with E-state index in [0.717, 1.165) is 20.9 Å². The number of anilines is 1. The van der Waals surface area contributed by atoms with Crippen molar-refractivity contribution in [3.63, 3.8) is 0 Å². The van der Waals surface area contributed by atoms with Crippen molar-refractivity contribution >= 4 is 17.2 Å². The number of hydrogen-bond acceptors (Lipinski definition) is 6. The van der Waals surface area contributed by atoms with Crippen LogP contribution in [0, 0.1) is 5.92 Å². The van der Waals surface area contributed by atoms with E-state index in [1.54, 1.807) is 12.5 Å². The molecule has 1 aromatic carbocycles. The number of nitrogens with zero attached hydrogens (tertiary/aromatic N) is 3. The van der Waals surface area contributed by atoms with E-state index in [0.29, 0.717) is 12.2 Å². The Hall–Kier alpha value is -2.87. The summed E-state index contributed by atoms with van der Waals surface area (Å²) in [5, 5.41) is 2.53. The number of hydrogen-bond donors (Lipinski definition) is 1. The maximum atomic E-state index is 12.7. The Morgan fingerprint density at radius 3 is 2.70 bits per heavy atom. The average Bonchev–Trinajstić information content (AvgIpc) is 3.13. The Balaban J connectivity index is 2.15. The molecule has 3 rings (SSSR count). The van der Waals surface area contributed by atoms with Crippen molar-refractivity contribution in [3.8, 4) is 27.6 Å². The number of methoxy groups -OCH3 is 1. The van der Waals surface area contributed by atoms with Crippen molar-refractivity contribution in [2.75, 3.05) is 12.8 Å². The maximum Gasteiger partial charge on any atom is 0.332 e. The summed E-state index contributed by atoms with van der Waals surface area (Å²) in [6.45, 7) is 4.40. The molecule has 0 radical (unpaired) electrons.